The molecule has 2 aromatic rings. The summed E-state index contributed by atoms with van der Waals surface area (Å²) in [6.45, 7) is 2.04. The number of hydrogen-bond acceptors (Lipinski definition) is 2. The molecule has 0 aliphatic rings. The van der Waals surface area contributed by atoms with Crippen LogP contribution in [0.15, 0.2) is 30.6 Å². The van der Waals surface area contributed by atoms with Gasteiger partial charge in [0, 0.05) is 13.1 Å². The molecule has 2 rings (SSSR count). The van der Waals surface area contributed by atoms with E-state index in [2.05, 4.69) is 40.7 Å². The minimum Gasteiger partial charge on any atom is -0.329 e. The molecule has 1 heterocycles. The van der Waals surface area contributed by atoms with Crippen LogP contribution in [0.5, 0.6) is 0 Å². The number of hydrogen-bond donors (Lipinski definition) is 0. The van der Waals surface area contributed by atoms with Crippen molar-refractivity contribution >= 4 is 23.4 Å². The second-order valence-electron chi connectivity index (χ2n) is 3.73. The Hall–Kier alpha value is -1.06. The van der Waals surface area contributed by atoms with Crippen molar-refractivity contribution in [3.8, 4) is 0 Å². The fraction of sp³-hybridized carbons (Fsp3) is 0.364. The first-order valence-electron chi connectivity index (χ1n) is 4.82. The molecule has 0 N–H and O–H groups in total. The van der Waals surface area contributed by atoms with E-state index in [-0.39, 0.29) is 12.4 Å². The maximum atomic E-state index is 4.34. The molecule has 0 amide bonds. The lowest BCUT2D eigenvalue weighted by atomic mass is 10.3. The summed E-state index contributed by atoms with van der Waals surface area (Å²) in [4.78, 5) is 6.52. The highest BCUT2D eigenvalue weighted by atomic mass is 35.5. The molecule has 82 valence electrons. The highest BCUT2D eigenvalue weighted by molar-refractivity contribution is 5.85. The number of imidazole rings is 1. The van der Waals surface area contributed by atoms with E-state index in [1.807, 2.05) is 18.5 Å². The monoisotopic (exact) mass is 225 g/mol. The lowest BCUT2D eigenvalue weighted by molar-refractivity contribution is 0.386. The number of likely N-dealkylation sites (N-methyl/N-ethyl adjacent to an activating group) is 1. The normalized spacial score (nSPS) is 10.6. The van der Waals surface area contributed by atoms with Crippen molar-refractivity contribution in [2.24, 2.45) is 0 Å². The standard InChI is InChI=1S/C11H15N3.ClH/c1-13(2)7-8-14-9-12-10-5-3-4-6-11(10)14;/h3-6,9H,7-8H2,1-2H3;1H. The summed E-state index contributed by atoms with van der Waals surface area (Å²) in [7, 11) is 4.16. The average Bonchev–Trinajstić information content (AvgIpc) is 2.58. The van der Waals surface area contributed by atoms with Crippen molar-refractivity contribution in [2.45, 2.75) is 6.54 Å². The average molecular weight is 226 g/mol. The first-order valence-corrected chi connectivity index (χ1v) is 4.82. The van der Waals surface area contributed by atoms with Crippen molar-refractivity contribution in [3.05, 3.63) is 30.6 Å². The molecule has 1 aromatic carbocycles. The minimum atomic E-state index is 0. The highest BCUT2D eigenvalue weighted by Gasteiger charge is 2.00. The Labute approximate surface area is 96.1 Å². The summed E-state index contributed by atoms with van der Waals surface area (Å²) in [5.41, 5.74) is 2.29. The van der Waals surface area contributed by atoms with E-state index in [1.165, 1.54) is 5.52 Å². The van der Waals surface area contributed by atoms with Gasteiger partial charge in [0.1, 0.15) is 0 Å². The van der Waals surface area contributed by atoms with Crippen LogP contribution in [-0.2, 0) is 6.54 Å². The van der Waals surface area contributed by atoms with Crippen LogP contribution in [0.4, 0.5) is 0 Å². The largest absolute Gasteiger partial charge is 0.329 e. The van der Waals surface area contributed by atoms with Crippen molar-refractivity contribution in [1.29, 1.82) is 0 Å². The van der Waals surface area contributed by atoms with Gasteiger partial charge in [0.2, 0.25) is 0 Å². The Morgan fingerprint density at radius 3 is 2.73 bits per heavy atom. The SMILES string of the molecule is CN(C)CCn1cnc2ccccc21.Cl. The summed E-state index contributed by atoms with van der Waals surface area (Å²) < 4.78 is 2.19. The van der Waals surface area contributed by atoms with Crippen LogP contribution in [-0.4, -0.2) is 35.1 Å². The van der Waals surface area contributed by atoms with Crippen LogP contribution in [0.1, 0.15) is 0 Å². The Bertz CT molecular complexity index is 422. The molecule has 0 saturated carbocycles. The molecule has 4 heteroatoms. The van der Waals surface area contributed by atoms with Gasteiger partial charge in [-0.3, -0.25) is 0 Å². The van der Waals surface area contributed by atoms with Gasteiger partial charge in [0.05, 0.1) is 17.4 Å². The zero-order chi connectivity index (χ0) is 9.97. The molecule has 0 aliphatic heterocycles. The molecule has 3 nitrogen and oxygen atoms in total. The molecule has 15 heavy (non-hydrogen) atoms. The molecule has 0 radical (unpaired) electrons. The molecule has 0 spiro atoms. The number of para-hydroxylation sites is 2. The van der Waals surface area contributed by atoms with Crippen molar-refractivity contribution in [3.63, 3.8) is 0 Å². The van der Waals surface area contributed by atoms with Crippen LogP contribution >= 0.6 is 12.4 Å². The molecule has 1 aromatic heterocycles. The number of nitrogens with zero attached hydrogens (tertiary/aromatic N) is 3. The number of benzene rings is 1. The summed E-state index contributed by atoms with van der Waals surface area (Å²) >= 11 is 0. The lowest BCUT2D eigenvalue weighted by Gasteiger charge is -2.10. The molecule has 0 fully saturated rings. The van der Waals surface area contributed by atoms with Gasteiger partial charge < -0.3 is 9.47 Å². The van der Waals surface area contributed by atoms with Crippen LogP contribution in [0.3, 0.4) is 0 Å². The molecule has 0 saturated heterocycles. The van der Waals surface area contributed by atoms with Gasteiger partial charge in [0.25, 0.3) is 0 Å². The van der Waals surface area contributed by atoms with E-state index in [4.69, 9.17) is 0 Å². The zero-order valence-electron chi connectivity index (χ0n) is 9.05. The first kappa shape index (κ1) is 12.0. The van der Waals surface area contributed by atoms with Gasteiger partial charge >= 0.3 is 0 Å². The van der Waals surface area contributed by atoms with Crippen LogP contribution < -0.4 is 0 Å². The Morgan fingerprint density at radius 1 is 1.27 bits per heavy atom. The lowest BCUT2D eigenvalue weighted by Crippen LogP contribution is -2.17. The van der Waals surface area contributed by atoms with Crippen LogP contribution in [0.2, 0.25) is 0 Å². The maximum Gasteiger partial charge on any atom is 0.0958 e. The number of fused-ring (bicyclic) bond motifs is 1. The van der Waals surface area contributed by atoms with Gasteiger partial charge in [-0.1, -0.05) is 12.1 Å². The van der Waals surface area contributed by atoms with Gasteiger partial charge in [-0.2, -0.15) is 0 Å². The van der Waals surface area contributed by atoms with Gasteiger partial charge in [0.15, 0.2) is 0 Å². The van der Waals surface area contributed by atoms with Gasteiger partial charge in [-0.05, 0) is 26.2 Å². The minimum absolute atomic E-state index is 0. The van der Waals surface area contributed by atoms with E-state index >= 15 is 0 Å². The highest BCUT2D eigenvalue weighted by Crippen LogP contribution is 2.11. The van der Waals surface area contributed by atoms with Crippen LogP contribution in [0, 0.1) is 0 Å². The third kappa shape index (κ3) is 2.70. The van der Waals surface area contributed by atoms with E-state index in [0.717, 1.165) is 18.6 Å². The number of aromatic nitrogens is 2. The van der Waals surface area contributed by atoms with Gasteiger partial charge in [-0.15, -0.1) is 12.4 Å². The fourth-order valence-corrected chi connectivity index (χ4v) is 1.50. The predicted octanol–water partition coefficient (Wildman–Crippen LogP) is 2.02. The first-order chi connectivity index (χ1) is 6.77. The van der Waals surface area contributed by atoms with E-state index in [0.29, 0.717) is 0 Å². The molecular weight excluding hydrogens is 210 g/mol. The maximum absolute atomic E-state index is 4.34. The van der Waals surface area contributed by atoms with E-state index < -0.39 is 0 Å². The molecule has 0 unspecified atom stereocenters. The summed E-state index contributed by atoms with van der Waals surface area (Å²) in [6.07, 6.45) is 1.91. The Kier molecular flexibility index (Phi) is 4.12. The van der Waals surface area contributed by atoms with Gasteiger partial charge in [-0.25, -0.2) is 4.98 Å². The fourth-order valence-electron chi connectivity index (χ4n) is 1.50. The second-order valence-corrected chi connectivity index (χ2v) is 3.73. The zero-order valence-corrected chi connectivity index (χ0v) is 9.87. The summed E-state index contributed by atoms with van der Waals surface area (Å²) in [5, 5.41) is 0. The number of halogens is 1. The summed E-state index contributed by atoms with van der Waals surface area (Å²) in [6, 6.07) is 8.22. The Balaban J connectivity index is 0.00000112. The third-order valence-electron chi connectivity index (χ3n) is 2.32. The molecule has 0 atom stereocenters. The summed E-state index contributed by atoms with van der Waals surface area (Å²) in [5.74, 6) is 0. The molecular formula is C11H16ClN3. The Morgan fingerprint density at radius 2 is 2.00 bits per heavy atom. The molecule has 0 bridgehead atoms. The predicted molar refractivity (Wildman–Crippen MR) is 65.5 cm³/mol. The number of rotatable bonds is 3. The second kappa shape index (κ2) is 5.14. The van der Waals surface area contributed by atoms with E-state index in [9.17, 15) is 0 Å². The van der Waals surface area contributed by atoms with E-state index in [1.54, 1.807) is 0 Å². The van der Waals surface area contributed by atoms with Crippen molar-refractivity contribution in [2.75, 3.05) is 20.6 Å². The molecule has 0 aliphatic carbocycles. The van der Waals surface area contributed by atoms with Crippen molar-refractivity contribution in [1.82, 2.24) is 14.5 Å². The quantitative estimate of drug-likeness (QED) is 0.797. The van der Waals surface area contributed by atoms with Crippen molar-refractivity contribution < 1.29 is 0 Å². The smallest absolute Gasteiger partial charge is 0.0958 e. The van der Waals surface area contributed by atoms with Crippen LogP contribution in [0.25, 0.3) is 11.0 Å². The third-order valence-corrected chi connectivity index (χ3v) is 2.32. The topological polar surface area (TPSA) is 21.1 Å².